The maximum absolute atomic E-state index is 3.75. The third kappa shape index (κ3) is 3.48. The Hall–Kier alpha value is -0.0800. The summed E-state index contributed by atoms with van der Waals surface area (Å²) in [7, 11) is 0. The molecular formula is C16H32N2. The van der Waals surface area contributed by atoms with E-state index in [0.717, 1.165) is 6.04 Å². The highest BCUT2D eigenvalue weighted by molar-refractivity contribution is 4.92. The third-order valence-corrected chi connectivity index (χ3v) is 5.33. The largest absolute Gasteiger partial charge is 0.310 e. The summed E-state index contributed by atoms with van der Waals surface area (Å²) in [6, 6.07) is 0.851. The molecule has 1 aliphatic heterocycles. The maximum Gasteiger partial charge on any atom is 0.0277 e. The van der Waals surface area contributed by atoms with Crippen LogP contribution in [0, 0.1) is 5.41 Å². The molecule has 0 spiro atoms. The van der Waals surface area contributed by atoms with E-state index in [0.29, 0.717) is 11.0 Å². The summed E-state index contributed by atoms with van der Waals surface area (Å²) >= 11 is 0. The van der Waals surface area contributed by atoms with E-state index in [1.807, 2.05) is 0 Å². The van der Waals surface area contributed by atoms with E-state index in [4.69, 9.17) is 0 Å². The number of rotatable bonds is 2. The monoisotopic (exact) mass is 252 g/mol. The summed E-state index contributed by atoms with van der Waals surface area (Å²) in [6.07, 6.45) is 8.19. The molecule has 1 unspecified atom stereocenters. The summed E-state index contributed by atoms with van der Waals surface area (Å²) in [5.41, 5.74) is 0.929. The zero-order chi connectivity index (χ0) is 13.2. The first kappa shape index (κ1) is 14.3. The lowest BCUT2D eigenvalue weighted by molar-refractivity contribution is 0.0914. The van der Waals surface area contributed by atoms with Gasteiger partial charge >= 0.3 is 0 Å². The lowest BCUT2D eigenvalue weighted by Crippen LogP contribution is -2.51. The van der Waals surface area contributed by atoms with Crippen LogP contribution < -0.4 is 5.32 Å². The predicted octanol–water partition coefficient (Wildman–Crippen LogP) is 3.42. The SMILES string of the molecule is CCC1(C)CN(C2CCC(C)(C)CC2)CCCN1. The van der Waals surface area contributed by atoms with Crippen LogP contribution in [0.2, 0.25) is 0 Å². The first-order valence-electron chi connectivity index (χ1n) is 7.93. The van der Waals surface area contributed by atoms with Gasteiger partial charge in [-0.15, -0.1) is 0 Å². The zero-order valence-electron chi connectivity index (χ0n) is 12.9. The van der Waals surface area contributed by atoms with Gasteiger partial charge in [0.2, 0.25) is 0 Å². The van der Waals surface area contributed by atoms with Crippen molar-refractivity contribution in [2.45, 2.75) is 77.8 Å². The normalized spacial score (nSPS) is 35.3. The van der Waals surface area contributed by atoms with Crippen LogP contribution in [0.25, 0.3) is 0 Å². The summed E-state index contributed by atoms with van der Waals surface area (Å²) in [5.74, 6) is 0. The fraction of sp³-hybridized carbons (Fsp3) is 1.00. The van der Waals surface area contributed by atoms with Crippen LogP contribution in [0.4, 0.5) is 0 Å². The number of nitrogens with one attached hydrogen (secondary N) is 1. The van der Waals surface area contributed by atoms with Crippen molar-refractivity contribution in [2.24, 2.45) is 5.41 Å². The van der Waals surface area contributed by atoms with Crippen LogP contribution in [0.1, 0.15) is 66.2 Å². The first-order valence-corrected chi connectivity index (χ1v) is 7.93. The van der Waals surface area contributed by atoms with E-state index in [1.165, 1.54) is 58.2 Å². The summed E-state index contributed by atoms with van der Waals surface area (Å²) in [5, 5.41) is 3.75. The van der Waals surface area contributed by atoms with Crippen LogP contribution in [0.5, 0.6) is 0 Å². The van der Waals surface area contributed by atoms with Crippen LogP contribution in [-0.2, 0) is 0 Å². The molecule has 2 fully saturated rings. The van der Waals surface area contributed by atoms with Crippen molar-refractivity contribution in [3.8, 4) is 0 Å². The molecule has 0 radical (unpaired) electrons. The second-order valence-electron chi connectivity index (χ2n) is 7.56. The molecule has 0 amide bonds. The molecule has 0 aromatic carbocycles. The average molecular weight is 252 g/mol. The highest BCUT2D eigenvalue weighted by atomic mass is 15.2. The predicted molar refractivity (Wildman–Crippen MR) is 78.9 cm³/mol. The van der Waals surface area contributed by atoms with Crippen LogP contribution in [0.3, 0.4) is 0 Å². The molecule has 1 saturated carbocycles. The van der Waals surface area contributed by atoms with Gasteiger partial charge in [0.05, 0.1) is 0 Å². The quantitative estimate of drug-likeness (QED) is 0.810. The minimum atomic E-state index is 0.337. The van der Waals surface area contributed by atoms with Crippen molar-refractivity contribution in [3.63, 3.8) is 0 Å². The van der Waals surface area contributed by atoms with E-state index in [2.05, 4.69) is 37.9 Å². The van der Waals surface area contributed by atoms with Gasteiger partial charge in [-0.25, -0.2) is 0 Å². The lowest BCUT2D eigenvalue weighted by Gasteiger charge is -2.42. The molecule has 1 N–H and O–H groups in total. The Balaban J connectivity index is 1.95. The van der Waals surface area contributed by atoms with Crippen LogP contribution in [-0.4, -0.2) is 36.1 Å². The van der Waals surface area contributed by atoms with Crippen molar-refractivity contribution < 1.29 is 0 Å². The molecule has 1 heterocycles. The Bertz CT molecular complexity index is 264. The molecule has 0 bridgehead atoms. The Morgan fingerprint density at radius 1 is 1.17 bits per heavy atom. The van der Waals surface area contributed by atoms with E-state index in [-0.39, 0.29) is 0 Å². The summed E-state index contributed by atoms with van der Waals surface area (Å²) in [6.45, 7) is 13.3. The highest BCUT2D eigenvalue weighted by Crippen LogP contribution is 2.37. The van der Waals surface area contributed by atoms with Gasteiger partial charge in [-0.1, -0.05) is 20.8 Å². The van der Waals surface area contributed by atoms with Crippen molar-refractivity contribution in [1.82, 2.24) is 10.2 Å². The molecule has 0 aromatic heterocycles. The van der Waals surface area contributed by atoms with Crippen molar-refractivity contribution in [1.29, 1.82) is 0 Å². The number of hydrogen-bond donors (Lipinski definition) is 1. The van der Waals surface area contributed by atoms with Crippen molar-refractivity contribution >= 4 is 0 Å². The van der Waals surface area contributed by atoms with Crippen LogP contribution in [0.15, 0.2) is 0 Å². The molecule has 2 rings (SSSR count). The van der Waals surface area contributed by atoms with E-state index < -0.39 is 0 Å². The molecule has 1 saturated heterocycles. The fourth-order valence-corrected chi connectivity index (χ4v) is 3.55. The van der Waals surface area contributed by atoms with Gasteiger partial charge in [0.15, 0.2) is 0 Å². The minimum absolute atomic E-state index is 0.337. The molecule has 2 nitrogen and oxygen atoms in total. The maximum atomic E-state index is 3.75. The minimum Gasteiger partial charge on any atom is -0.310 e. The van der Waals surface area contributed by atoms with Gasteiger partial charge in [-0.2, -0.15) is 0 Å². The molecule has 1 atom stereocenters. The zero-order valence-corrected chi connectivity index (χ0v) is 12.9. The Kier molecular flexibility index (Phi) is 4.38. The molecule has 2 heteroatoms. The highest BCUT2D eigenvalue weighted by Gasteiger charge is 2.34. The first-order chi connectivity index (χ1) is 8.44. The van der Waals surface area contributed by atoms with Crippen molar-refractivity contribution in [2.75, 3.05) is 19.6 Å². The standard InChI is InChI=1S/C16H32N2/c1-5-16(4)13-18(12-6-11-17-16)14-7-9-15(2,3)10-8-14/h14,17H,5-13H2,1-4H3. The third-order valence-electron chi connectivity index (χ3n) is 5.33. The molecule has 106 valence electrons. The fourth-order valence-electron chi connectivity index (χ4n) is 3.55. The van der Waals surface area contributed by atoms with Gasteiger partial charge < -0.3 is 5.32 Å². The lowest BCUT2D eigenvalue weighted by atomic mass is 9.75. The van der Waals surface area contributed by atoms with E-state index >= 15 is 0 Å². The Morgan fingerprint density at radius 3 is 2.44 bits per heavy atom. The topological polar surface area (TPSA) is 15.3 Å². The van der Waals surface area contributed by atoms with E-state index in [1.54, 1.807) is 0 Å². The van der Waals surface area contributed by atoms with Gasteiger partial charge in [0, 0.05) is 18.1 Å². The smallest absolute Gasteiger partial charge is 0.0277 e. The second kappa shape index (κ2) is 5.50. The summed E-state index contributed by atoms with van der Waals surface area (Å²) in [4.78, 5) is 2.79. The van der Waals surface area contributed by atoms with Crippen molar-refractivity contribution in [3.05, 3.63) is 0 Å². The molecule has 0 aromatic rings. The van der Waals surface area contributed by atoms with Gasteiger partial charge in [0.1, 0.15) is 0 Å². The van der Waals surface area contributed by atoms with E-state index in [9.17, 15) is 0 Å². The molecule has 2 aliphatic rings. The van der Waals surface area contributed by atoms with Crippen LogP contribution >= 0.6 is 0 Å². The molecular weight excluding hydrogens is 220 g/mol. The summed E-state index contributed by atoms with van der Waals surface area (Å²) < 4.78 is 0. The van der Waals surface area contributed by atoms with Gasteiger partial charge in [-0.3, -0.25) is 4.90 Å². The average Bonchev–Trinajstić information content (AvgIpc) is 2.52. The number of hydrogen-bond acceptors (Lipinski definition) is 2. The Labute approximate surface area is 114 Å². The van der Waals surface area contributed by atoms with Gasteiger partial charge in [-0.05, 0) is 64.0 Å². The number of nitrogens with zero attached hydrogens (tertiary/aromatic N) is 1. The van der Waals surface area contributed by atoms with Gasteiger partial charge in [0.25, 0.3) is 0 Å². The Morgan fingerprint density at radius 2 is 1.83 bits per heavy atom. The molecule has 18 heavy (non-hydrogen) atoms. The second-order valence-corrected chi connectivity index (χ2v) is 7.56. The molecule has 1 aliphatic carbocycles.